The Bertz CT molecular complexity index is 131. The molecule has 0 unspecified atom stereocenters. The van der Waals surface area contributed by atoms with Crippen LogP contribution in [-0.4, -0.2) is 5.38 Å². The molecule has 0 amide bonds. The summed E-state index contributed by atoms with van der Waals surface area (Å²) in [6.45, 7) is 0. The first-order valence-electron chi connectivity index (χ1n) is 1.63. The van der Waals surface area contributed by atoms with Gasteiger partial charge in [-0.2, -0.15) is 17.6 Å². The highest BCUT2D eigenvalue weighted by atomic mass is 35.5. The Morgan fingerprint density at radius 1 is 1.22 bits per heavy atom. The van der Waals surface area contributed by atoms with Crippen molar-refractivity contribution in [2.75, 3.05) is 0 Å². The van der Waals surface area contributed by atoms with E-state index < -0.39 is 16.5 Å². The predicted molar refractivity (Wildman–Crippen MR) is 25.9 cm³/mol. The first-order chi connectivity index (χ1) is 3.85. The Labute approximate surface area is 58.0 Å². The normalized spacial score (nSPS) is 11.3. The van der Waals surface area contributed by atoms with Gasteiger partial charge in [0.15, 0.2) is 5.03 Å². The van der Waals surface area contributed by atoms with Crippen LogP contribution in [-0.2, 0) is 0 Å². The van der Waals surface area contributed by atoms with E-state index in [2.05, 4.69) is 23.2 Å². The summed E-state index contributed by atoms with van der Waals surface area (Å²) in [4.78, 5) is 0. The summed E-state index contributed by atoms with van der Waals surface area (Å²) in [5, 5.41) is -6.08. The molecule has 54 valence electrons. The molecule has 0 fully saturated rings. The lowest BCUT2D eigenvalue weighted by Crippen LogP contribution is -2.05. The fraction of sp³-hybridized carbons (Fsp3) is 0.333. The van der Waals surface area contributed by atoms with Crippen molar-refractivity contribution in [1.29, 1.82) is 0 Å². The minimum Gasteiger partial charge on any atom is -0.182 e. The van der Waals surface area contributed by atoms with Crippen LogP contribution >= 0.6 is 23.2 Å². The van der Waals surface area contributed by atoms with Gasteiger partial charge < -0.3 is 0 Å². The molecule has 0 bridgehead atoms. The molecule has 0 radical (unpaired) electrons. The van der Waals surface area contributed by atoms with Crippen molar-refractivity contribution in [3.8, 4) is 0 Å². The van der Waals surface area contributed by atoms with Gasteiger partial charge in [-0.15, -0.1) is 0 Å². The largest absolute Gasteiger partial charge is 0.363 e. The molecule has 0 N–H and O–H groups in total. The van der Waals surface area contributed by atoms with E-state index in [0.717, 1.165) is 0 Å². The smallest absolute Gasteiger partial charge is 0.182 e. The molecule has 9 heavy (non-hydrogen) atoms. The predicted octanol–water partition coefficient (Wildman–Crippen LogP) is 3.16. The van der Waals surface area contributed by atoms with Crippen molar-refractivity contribution in [2.45, 2.75) is 5.38 Å². The third kappa shape index (κ3) is 2.91. The van der Waals surface area contributed by atoms with E-state index in [9.17, 15) is 17.6 Å². The van der Waals surface area contributed by atoms with Gasteiger partial charge in [0, 0.05) is 0 Å². The van der Waals surface area contributed by atoms with Crippen LogP contribution < -0.4 is 0 Å². The first-order valence-corrected chi connectivity index (χ1v) is 2.39. The van der Waals surface area contributed by atoms with Crippen molar-refractivity contribution in [1.82, 2.24) is 0 Å². The van der Waals surface area contributed by atoms with Crippen LogP contribution in [0.2, 0.25) is 0 Å². The van der Waals surface area contributed by atoms with Crippen molar-refractivity contribution in [2.24, 2.45) is 0 Å². The molecular weight excluding hydrogens is 183 g/mol. The van der Waals surface area contributed by atoms with Crippen LogP contribution in [0.3, 0.4) is 0 Å². The van der Waals surface area contributed by atoms with Crippen LogP contribution in [0.1, 0.15) is 0 Å². The second-order valence-electron chi connectivity index (χ2n) is 1.07. The summed E-state index contributed by atoms with van der Waals surface area (Å²) in [5.41, 5.74) is 0. The van der Waals surface area contributed by atoms with E-state index in [1.807, 2.05) is 0 Å². The van der Waals surface area contributed by atoms with Crippen LogP contribution in [0.4, 0.5) is 17.6 Å². The summed E-state index contributed by atoms with van der Waals surface area (Å²) in [7, 11) is 0. The van der Waals surface area contributed by atoms with Gasteiger partial charge in [-0.3, -0.25) is 0 Å². The molecule has 6 heteroatoms. The molecule has 0 aliphatic carbocycles. The molecule has 0 spiro atoms. The number of rotatable bonds is 1. The molecule has 0 aliphatic heterocycles. The fourth-order valence-corrected chi connectivity index (χ4v) is 0.179. The van der Waals surface area contributed by atoms with E-state index in [4.69, 9.17) is 0 Å². The van der Waals surface area contributed by atoms with Crippen molar-refractivity contribution < 1.29 is 17.6 Å². The Hall–Kier alpha value is 0.0400. The van der Waals surface area contributed by atoms with Crippen LogP contribution in [0.15, 0.2) is 11.1 Å². The maximum Gasteiger partial charge on any atom is 0.363 e. The van der Waals surface area contributed by atoms with Crippen LogP contribution in [0, 0.1) is 0 Å². The minimum atomic E-state index is -4.15. The molecule has 0 aromatic heterocycles. The van der Waals surface area contributed by atoms with E-state index in [-0.39, 0.29) is 0 Å². The second kappa shape index (κ2) is 2.75. The molecule has 0 nitrogen and oxygen atoms in total. The van der Waals surface area contributed by atoms with Gasteiger partial charge in [0.25, 0.3) is 6.08 Å². The molecule has 0 heterocycles. The maximum absolute atomic E-state index is 11.5. The van der Waals surface area contributed by atoms with Crippen molar-refractivity contribution in [3.63, 3.8) is 0 Å². The topological polar surface area (TPSA) is 0 Å². The summed E-state index contributed by atoms with van der Waals surface area (Å²) in [5.74, 6) is 0. The molecule has 0 rings (SSSR count). The number of hydrogen-bond donors (Lipinski definition) is 0. The summed E-state index contributed by atoms with van der Waals surface area (Å²) in [6, 6.07) is 0. The lowest BCUT2D eigenvalue weighted by Gasteiger charge is -2.02. The Morgan fingerprint density at radius 3 is 1.56 bits per heavy atom. The number of hydrogen-bond acceptors (Lipinski definition) is 0. The number of halogens is 6. The summed E-state index contributed by atoms with van der Waals surface area (Å²) in [6.07, 6.45) is -2.67. The zero-order valence-corrected chi connectivity index (χ0v) is 5.28. The van der Waals surface area contributed by atoms with E-state index >= 15 is 0 Å². The Kier molecular flexibility index (Phi) is 2.76. The third-order valence-corrected chi connectivity index (χ3v) is 1.08. The fourth-order valence-electron chi connectivity index (χ4n) is 0.107. The van der Waals surface area contributed by atoms with Crippen molar-refractivity contribution >= 4 is 23.2 Å². The molecule has 0 atom stereocenters. The van der Waals surface area contributed by atoms with Gasteiger partial charge in [-0.25, -0.2) is 0 Å². The first kappa shape index (κ1) is 9.04. The quantitative estimate of drug-likeness (QED) is 0.432. The zero-order valence-electron chi connectivity index (χ0n) is 3.77. The monoisotopic (exact) mass is 182 g/mol. The molecular formula is C3Cl2F4. The summed E-state index contributed by atoms with van der Waals surface area (Å²) >= 11 is 8.41. The molecule has 0 aromatic carbocycles. The van der Waals surface area contributed by atoms with Gasteiger partial charge >= 0.3 is 5.38 Å². The molecule has 0 saturated carbocycles. The average Bonchev–Trinajstić information content (AvgIpc) is 1.62. The SMILES string of the molecule is FC(F)=C(Cl)C(F)(F)Cl. The van der Waals surface area contributed by atoms with E-state index in [0.29, 0.717) is 0 Å². The number of alkyl halides is 3. The highest BCUT2D eigenvalue weighted by Gasteiger charge is 2.33. The van der Waals surface area contributed by atoms with Crippen LogP contribution in [0.25, 0.3) is 0 Å². The molecule has 0 aliphatic rings. The van der Waals surface area contributed by atoms with Crippen LogP contribution in [0.5, 0.6) is 0 Å². The summed E-state index contributed by atoms with van der Waals surface area (Å²) < 4.78 is 45.1. The Balaban J connectivity index is 4.40. The average molecular weight is 183 g/mol. The van der Waals surface area contributed by atoms with Gasteiger partial charge in [0.1, 0.15) is 0 Å². The second-order valence-corrected chi connectivity index (χ2v) is 1.92. The third-order valence-electron chi connectivity index (χ3n) is 0.415. The zero-order chi connectivity index (χ0) is 7.65. The van der Waals surface area contributed by atoms with E-state index in [1.165, 1.54) is 0 Å². The highest BCUT2D eigenvalue weighted by Crippen LogP contribution is 2.34. The van der Waals surface area contributed by atoms with Gasteiger partial charge in [-0.1, -0.05) is 11.6 Å². The van der Waals surface area contributed by atoms with Gasteiger partial charge in [-0.05, 0) is 11.6 Å². The van der Waals surface area contributed by atoms with Gasteiger partial charge in [0.2, 0.25) is 0 Å². The van der Waals surface area contributed by atoms with E-state index in [1.54, 1.807) is 0 Å². The lowest BCUT2D eigenvalue weighted by molar-refractivity contribution is 0.140. The molecule has 0 aromatic rings. The highest BCUT2D eigenvalue weighted by molar-refractivity contribution is 6.38. The lowest BCUT2D eigenvalue weighted by atomic mass is 10.6. The standard InChI is InChI=1S/C3Cl2F4/c4-1(2(6)7)3(5,8)9. The van der Waals surface area contributed by atoms with Crippen molar-refractivity contribution in [3.05, 3.63) is 11.1 Å². The minimum absolute atomic E-state index is 1.93. The molecule has 0 saturated heterocycles. The van der Waals surface area contributed by atoms with Gasteiger partial charge in [0.05, 0.1) is 0 Å². The Morgan fingerprint density at radius 2 is 1.56 bits per heavy atom. The number of allylic oxidation sites excluding steroid dienone is 1. The maximum atomic E-state index is 11.5.